The summed E-state index contributed by atoms with van der Waals surface area (Å²) in [6.45, 7) is 2.02. The molecule has 68 valence electrons. The fourth-order valence-corrected chi connectivity index (χ4v) is 1.51. The average molecular weight is 182 g/mol. The second-order valence-corrected chi connectivity index (χ2v) is 3.15. The highest BCUT2D eigenvalue weighted by atomic mass is 15.0. The maximum atomic E-state index is 8.94. The summed E-state index contributed by atoms with van der Waals surface area (Å²) >= 11 is 0. The molecule has 1 heterocycles. The Labute approximate surface area is 83.0 Å². The van der Waals surface area contributed by atoms with Gasteiger partial charge in [0.2, 0.25) is 0 Å². The van der Waals surface area contributed by atoms with Crippen LogP contribution in [0.25, 0.3) is 5.69 Å². The molecule has 0 bridgehead atoms. The zero-order valence-corrected chi connectivity index (χ0v) is 7.94. The van der Waals surface area contributed by atoms with E-state index in [9.17, 15) is 0 Å². The number of nitriles is 1. The summed E-state index contributed by atoms with van der Waals surface area (Å²) < 4.78 is 2.01. The lowest BCUT2D eigenvalue weighted by molar-refractivity contribution is 1.01. The number of aryl methyl sites for hydroxylation is 1. The topological polar surface area (TPSA) is 28.7 Å². The van der Waals surface area contributed by atoms with Crippen LogP contribution in [-0.4, -0.2) is 4.57 Å². The molecule has 14 heavy (non-hydrogen) atoms. The van der Waals surface area contributed by atoms with Gasteiger partial charge < -0.3 is 4.57 Å². The quantitative estimate of drug-likeness (QED) is 0.666. The highest BCUT2D eigenvalue weighted by Crippen LogP contribution is 2.15. The molecular formula is C12H10N2. The lowest BCUT2D eigenvalue weighted by Crippen LogP contribution is -1.97. The van der Waals surface area contributed by atoms with Crippen molar-refractivity contribution >= 4 is 0 Å². The van der Waals surface area contributed by atoms with Gasteiger partial charge in [-0.1, -0.05) is 12.1 Å². The molecule has 0 aliphatic rings. The fourth-order valence-electron chi connectivity index (χ4n) is 1.51. The van der Waals surface area contributed by atoms with Crippen molar-refractivity contribution in [3.63, 3.8) is 0 Å². The van der Waals surface area contributed by atoms with Crippen LogP contribution in [0.15, 0.2) is 42.6 Å². The molecule has 0 atom stereocenters. The summed E-state index contributed by atoms with van der Waals surface area (Å²) in [6, 6.07) is 13.8. The molecule has 2 rings (SSSR count). The Morgan fingerprint density at radius 3 is 2.57 bits per heavy atom. The summed E-state index contributed by atoms with van der Waals surface area (Å²) in [5.41, 5.74) is 2.78. The smallest absolute Gasteiger partial charge is 0.101 e. The molecule has 0 aliphatic heterocycles. The molecule has 0 unspecified atom stereocenters. The Bertz CT molecular complexity index is 489. The zero-order chi connectivity index (χ0) is 9.97. The van der Waals surface area contributed by atoms with Crippen LogP contribution >= 0.6 is 0 Å². The minimum Gasteiger partial charge on any atom is -0.320 e. The molecule has 0 saturated heterocycles. The van der Waals surface area contributed by atoms with Crippen molar-refractivity contribution < 1.29 is 0 Å². The second-order valence-electron chi connectivity index (χ2n) is 3.15. The van der Waals surface area contributed by atoms with Crippen molar-refractivity contribution in [2.24, 2.45) is 0 Å². The number of nitrogens with zero attached hydrogens (tertiary/aromatic N) is 2. The molecular weight excluding hydrogens is 172 g/mol. The molecule has 0 radical (unpaired) electrons. The van der Waals surface area contributed by atoms with Gasteiger partial charge in [-0.3, -0.25) is 0 Å². The summed E-state index contributed by atoms with van der Waals surface area (Å²) in [5.74, 6) is 0. The van der Waals surface area contributed by atoms with Crippen LogP contribution in [0, 0.1) is 18.3 Å². The molecule has 2 nitrogen and oxygen atoms in total. The SMILES string of the molecule is Cc1cccn1-c1ccccc1C#N. The Hall–Kier alpha value is -2.01. The summed E-state index contributed by atoms with van der Waals surface area (Å²) in [5, 5.41) is 8.94. The van der Waals surface area contributed by atoms with Crippen LogP contribution in [0.3, 0.4) is 0 Å². The van der Waals surface area contributed by atoms with Crippen LogP contribution in [0.4, 0.5) is 0 Å². The van der Waals surface area contributed by atoms with Gasteiger partial charge in [0.25, 0.3) is 0 Å². The standard InChI is InChI=1S/C12H10N2/c1-10-5-4-8-14(10)12-7-3-2-6-11(12)9-13/h2-8H,1H3. The van der Waals surface area contributed by atoms with Gasteiger partial charge >= 0.3 is 0 Å². The van der Waals surface area contributed by atoms with Crippen molar-refractivity contribution in [3.8, 4) is 11.8 Å². The predicted octanol–water partition coefficient (Wildman–Crippen LogP) is 2.66. The Morgan fingerprint density at radius 2 is 1.93 bits per heavy atom. The van der Waals surface area contributed by atoms with E-state index in [0.29, 0.717) is 5.56 Å². The van der Waals surface area contributed by atoms with Crippen LogP contribution in [0.1, 0.15) is 11.3 Å². The predicted molar refractivity (Wildman–Crippen MR) is 55.2 cm³/mol. The normalized spacial score (nSPS) is 9.71. The van der Waals surface area contributed by atoms with Gasteiger partial charge in [0.1, 0.15) is 6.07 Å². The third-order valence-corrected chi connectivity index (χ3v) is 2.24. The van der Waals surface area contributed by atoms with Crippen molar-refractivity contribution in [2.75, 3.05) is 0 Å². The van der Waals surface area contributed by atoms with Crippen LogP contribution in [0.5, 0.6) is 0 Å². The first-order valence-corrected chi connectivity index (χ1v) is 4.46. The van der Waals surface area contributed by atoms with E-state index in [4.69, 9.17) is 5.26 Å². The molecule has 1 aromatic carbocycles. The first-order chi connectivity index (χ1) is 6.83. The summed E-state index contributed by atoms with van der Waals surface area (Å²) in [4.78, 5) is 0. The molecule has 0 amide bonds. The van der Waals surface area contributed by atoms with Gasteiger partial charge in [0.05, 0.1) is 11.3 Å². The molecule has 0 N–H and O–H groups in total. The van der Waals surface area contributed by atoms with Gasteiger partial charge in [-0.25, -0.2) is 0 Å². The third-order valence-electron chi connectivity index (χ3n) is 2.24. The van der Waals surface area contributed by atoms with Crippen LogP contribution in [0.2, 0.25) is 0 Å². The van der Waals surface area contributed by atoms with Crippen LogP contribution in [-0.2, 0) is 0 Å². The second kappa shape index (κ2) is 3.39. The number of aromatic nitrogens is 1. The lowest BCUT2D eigenvalue weighted by Gasteiger charge is -2.07. The van der Waals surface area contributed by atoms with Crippen molar-refractivity contribution in [1.82, 2.24) is 4.57 Å². The molecule has 0 saturated carbocycles. The highest BCUT2D eigenvalue weighted by molar-refractivity contribution is 5.49. The molecule has 0 spiro atoms. The molecule has 1 aromatic heterocycles. The van der Waals surface area contributed by atoms with Gasteiger partial charge in [-0.05, 0) is 31.2 Å². The van der Waals surface area contributed by atoms with E-state index in [1.165, 1.54) is 0 Å². The number of rotatable bonds is 1. The Morgan fingerprint density at radius 1 is 1.14 bits per heavy atom. The van der Waals surface area contributed by atoms with Crippen molar-refractivity contribution in [1.29, 1.82) is 5.26 Å². The summed E-state index contributed by atoms with van der Waals surface area (Å²) in [6.07, 6.45) is 1.96. The third kappa shape index (κ3) is 1.29. The molecule has 2 aromatic rings. The van der Waals surface area contributed by atoms with Crippen molar-refractivity contribution in [2.45, 2.75) is 6.92 Å². The highest BCUT2D eigenvalue weighted by Gasteiger charge is 2.03. The minimum atomic E-state index is 0.701. The van der Waals surface area contributed by atoms with Crippen LogP contribution < -0.4 is 0 Å². The largest absolute Gasteiger partial charge is 0.320 e. The lowest BCUT2D eigenvalue weighted by atomic mass is 10.2. The van der Waals surface area contributed by atoms with E-state index < -0.39 is 0 Å². The van der Waals surface area contributed by atoms with E-state index in [0.717, 1.165) is 11.4 Å². The molecule has 0 aliphatic carbocycles. The molecule has 2 heteroatoms. The number of hydrogen-bond donors (Lipinski definition) is 0. The van der Waals surface area contributed by atoms with Crippen molar-refractivity contribution in [3.05, 3.63) is 53.9 Å². The first-order valence-electron chi connectivity index (χ1n) is 4.46. The van der Waals surface area contributed by atoms with E-state index >= 15 is 0 Å². The first kappa shape index (κ1) is 8.58. The molecule has 0 fully saturated rings. The van der Waals surface area contributed by atoms with Gasteiger partial charge in [-0.2, -0.15) is 5.26 Å². The maximum absolute atomic E-state index is 8.94. The van der Waals surface area contributed by atoms with E-state index in [1.54, 1.807) is 0 Å². The summed E-state index contributed by atoms with van der Waals surface area (Å²) in [7, 11) is 0. The number of para-hydroxylation sites is 1. The van der Waals surface area contributed by atoms with Gasteiger partial charge in [-0.15, -0.1) is 0 Å². The number of benzene rings is 1. The monoisotopic (exact) mass is 182 g/mol. The minimum absolute atomic E-state index is 0.701. The Balaban J connectivity index is 2.64. The zero-order valence-electron chi connectivity index (χ0n) is 7.94. The van der Waals surface area contributed by atoms with E-state index in [2.05, 4.69) is 6.07 Å². The average Bonchev–Trinajstić information content (AvgIpc) is 2.64. The van der Waals surface area contributed by atoms with Gasteiger partial charge in [0, 0.05) is 11.9 Å². The fraction of sp³-hybridized carbons (Fsp3) is 0.0833. The van der Waals surface area contributed by atoms with E-state index in [1.807, 2.05) is 54.1 Å². The Kier molecular flexibility index (Phi) is 2.08. The van der Waals surface area contributed by atoms with Gasteiger partial charge in [0.15, 0.2) is 0 Å². The maximum Gasteiger partial charge on any atom is 0.101 e. The number of hydrogen-bond acceptors (Lipinski definition) is 1. The van der Waals surface area contributed by atoms with E-state index in [-0.39, 0.29) is 0 Å².